The monoisotopic (exact) mass is 375 g/mol. The molecule has 6 heteroatoms. The maximum Gasteiger partial charge on any atom is 0.224 e. The quantitative estimate of drug-likeness (QED) is 0.803. The van der Waals surface area contributed by atoms with Crippen molar-refractivity contribution in [1.82, 2.24) is 10.2 Å². The number of amides is 1. The van der Waals surface area contributed by atoms with E-state index in [4.69, 9.17) is 5.73 Å². The molecule has 1 saturated heterocycles. The van der Waals surface area contributed by atoms with E-state index >= 15 is 0 Å². The Bertz CT molecular complexity index is 471. The number of nitrogens with two attached hydrogens (primary N) is 1. The molecule has 2 rings (SSSR count). The van der Waals surface area contributed by atoms with Crippen LogP contribution in [-0.4, -0.2) is 36.0 Å². The van der Waals surface area contributed by atoms with E-state index in [9.17, 15) is 4.79 Å². The van der Waals surface area contributed by atoms with Crippen LogP contribution in [0, 0.1) is 5.92 Å². The third-order valence-electron chi connectivity index (χ3n) is 4.69. The largest absolute Gasteiger partial charge is 0.354 e. The summed E-state index contributed by atoms with van der Waals surface area (Å²) in [7, 11) is 0. The van der Waals surface area contributed by atoms with Crippen LogP contribution in [0.4, 0.5) is 0 Å². The van der Waals surface area contributed by atoms with Gasteiger partial charge in [0.1, 0.15) is 0 Å². The van der Waals surface area contributed by atoms with Gasteiger partial charge in [-0.15, -0.1) is 24.8 Å². The van der Waals surface area contributed by atoms with Crippen molar-refractivity contribution >= 4 is 30.7 Å². The van der Waals surface area contributed by atoms with Crippen molar-refractivity contribution in [2.75, 3.05) is 13.1 Å². The highest BCUT2D eigenvalue weighted by atomic mass is 35.5. The molecule has 3 N–H and O–H groups in total. The second-order valence-corrected chi connectivity index (χ2v) is 6.50. The highest BCUT2D eigenvalue weighted by Gasteiger charge is 2.24. The summed E-state index contributed by atoms with van der Waals surface area (Å²) in [5, 5.41) is 3.09. The molecule has 0 spiro atoms. The summed E-state index contributed by atoms with van der Waals surface area (Å²) in [6, 6.07) is 10.9. The van der Waals surface area contributed by atoms with E-state index in [1.54, 1.807) is 0 Å². The molecule has 3 atom stereocenters. The van der Waals surface area contributed by atoms with Crippen LogP contribution in [0.3, 0.4) is 0 Å². The van der Waals surface area contributed by atoms with Crippen molar-refractivity contribution in [3.05, 3.63) is 35.9 Å². The maximum absolute atomic E-state index is 12.1. The summed E-state index contributed by atoms with van der Waals surface area (Å²) in [4.78, 5) is 14.6. The van der Waals surface area contributed by atoms with E-state index in [-0.39, 0.29) is 42.7 Å². The van der Waals surface area contributed by atoms with Crippen LogP contribution in [0.15, 0.2) is 30.3 Å². The molecule has 4 nitrogen and oxygen atoms in total. The number of rotatable bonds is 6. The number of likely N-dealkylation sites (tertiary alicyclic amines) is 1. The van der Waals surface area contributed by atoms with Crippen LogP contribution in [0.25, 0.3) is 0 Å². The summed E-state index contributed by atoms with van der Waals surface area (Å²) in [5.41, 5.74) is 7.14. The highest BCUT2D eigenvalue weighted by Crippen LogP contribution is 2.19. The molecule has 0 saturated carbocycles. The first-order chi connectivity index (χ1) is 10.6. The fourth-order valence-corrected chi connectivity index (χ4v) is 2.94. The minimum atomic E-state index is -0.133. The molecule has 138 valence electrons. The lowest BCUT2D eigenvalue weighted by Crippen LogP contribution is -2.48. The Labute approximate surface area is 158 Å². The van der Waals surface area contributed by atoms with Crippen molar-refractivity contribution in [3.8, 4) is 0 Å². The summed E-state index contributed by atoms with van der Waals surface area (Å²) in [6.07, 6.45) is 3.64. The molecule has 1 aromatic rings. The Kier molecular flexibility index (Phi) is 11.3. The van der Waals surface area contributed by atoms with Gasteiger partial charge in [-0.3, -0.25) is 9.69 Å². The van der Waals surface area contributed by atoms with Gasteiger partial charge in [-0.2, -0.15) is 0 Å². The Morgan fingerprint density at radius 3 is 2.54 bits per heavy atom. The van der Waals surface area contributed by atoms with Gasteiger partial charge in [0.15, 0.2) is 0 Å². The van der Waals surface area contributed by atoms with Crippen molar-refractivity contribution < 1.29 is 4.79 Å². The van der Waals surface area contributed by atoms with E-state index in [2.05, 4.69) is 34.5 Å². The van der Waals surface area contributed by atoms with E-state index in [0.29, 0.717) is 6.04 Å². The summed E-state index contributed by atoms with van der Waals surface area (Å²) in [5.74, 6) is -0.0635. The first-order valence-electron chi connectivity index (χ1n) is 8.39. The second kappa shape index (κ2) is 11.7. The highest BCUT2D eigenvalue weighted by molar-refractivity contribution is 5.85. The lowest BCUT2D eigenvalue weighted by atomic mass is 10.00. The Balaban J connectivity index is 0.00000264. The predicted octanol–water partition coefficient (Wildman–Crippen LogP) is 2.98. The Hall–Kier alpha value is -0.810. The van der Waals surface area contributed by atoms with E-state index < -0.39 is 0 Å². The standard InChI is InChI=1S/C18H29N3O.2ClH/c1-14(15(2)19)18(22)20-12-17-10-6-7-11-21(17)13-16-8-4-3-5-9-16;;/h3-5,8-9,14-15,17H,6-7,10-13,19H2,1-2H3,(H,20,22);2*1H. The van der Waals surface area contributed by atoms with E-state index in [0.717, 1.165) is 26.1 Å². The summed E-state index contributed by atoms with van der Waals surface area (Å²) < 4.78 is 0. The number of nitrogens with one attached hydrogen (secondary N) is 1. The Morgan fingerprint density at radius 1 is 1.25 bits per heavy atom. The molecular formula is C18H31Cl2N3O. The van der Waals surface area contributed by atoms with Gasteiger partial charge < -0.3 is 11.1 Å². The van der Waals surface area contributed by atoms with Crippen molar-refractivity contribution in [2.24, 2.45) is 11.7 Å². The average Bonchev–Trinajstić information content (AvgIpc) is 2.54. The summed E-state index contributed by atoms with van der Waals surface area (Å²) in [6.45, 7) is 6.57. The zero-order valence-corrected chi connectivity index (χ0v) is 16.2. The molecule has 0 bridgehead atoms. The molecule has 0 radical (unpaired) electrons. The van der Waals surface area contributed by atoms with Crippen molar-refractivity contribution in [1.29, 1.82) is 0 Å². The number of hydrogen-bond donors (Lipinski definition) is 2. The zero-order valence-electron chi connectivity index (χ0n) is 14.6. The molecule has 1 aliphatic rings. The number of hydrogen-bond acceptors (Lipinski definition) is 3. The number of nitrogens with zero attached hydrogens (tertiary/aromatic N) is 1. The molecule has 1 amide bonds. The third kappa shape index (κ3) is 6.98. The van der Waals surface area contributed by atoms with Gasteiger partial charge in [0.2, 0.25) is 5.91 Å². The van der Waals surface area contributed by atoms with Gasteiger partial charge in [0.05, 0.1) is 0 Å². The first kappa shape index (κ1) is 23.2. The first-order valence-corrected chi connectivity index (χ1v) is 8.39. The maximum atomic E-state index is 12.1. The number of piperidine rings is 1. The van der Waals surface area contributed by atoms with Crippen LogP contribution in [0.1, 0.15) is 38.7 Å². The van der Waals surface area contributed by atoms with E-state index in [1.807, 2.05) is 19.9 Å². The fourth-order valence-electron chi connectivity index (χ4n) is 2.94. The molecule has 24 heavy (non-hydrogen) atoms. The molecule has 1 heterocycles. The Morgan fingerprint density at radius 2 is 1.92 bits per heavy atom. The van der Waals surface area contributed by atoms with Gasteiger partial charge in [-0.25, -0.2) is 0 Å². The van der Waals surface area contributed by atoms with Gasteiger partial charge in [-0.05, 0) is 31.9 Å². The molecular weight excluding hydrogens is 345 g/mol. The lowest BCUT2D eigenvalue weighted by Gasteiger charge is -2.36. The van der Waals surface area contributed by atoms with Crippen LogP contribution < -0.4 is 11.1 Å². The molecule has 0 aromatic heterocycles. The number of benzene rings is 1. The van der Waals surface area contributed by atoms with Gasteiger partial charge in [0, 0.05) is 31.1 Å². The topological polar surface area (TPSA) is 58.4 Å². The van der Waals surface area contributed by atoms with Gasteiger partial charge >= 0.3 is 0 Å². The van der Waals surface area contributed by atoms with Gasteiger partial charge in [-0.1, -0.05) is 43.7 Å². The summed E-state index contributed by atoms with van der Waals surface area (Å²) >= 11 is 0. The molecule has 0 aliphatic carbocycles. The fraction of sp³-hybridized carbons (Fsp3) is 0.611. The molecule has 1 fully saturated rings. The zero-order chi connectivity index (χ0) is 15.9. The molecule has 1 aromatic carbocycles. The predicted molar refractivity (Wildman–Crippen MR) is 105 cm³/mol. The van der Waals surface area contributed by atoms with Crippen molar-refractivity contribution in [2.45, 2.75) is 51.7 Å². The second-order valence-electron chi connectivity index (χ2n) is 6.50. The smallest absolute Gasteiger partial charge is 0.224 e. The lowest BCUT2D eigenvalue weighted by molar-refractivity contribution is -0.125. The third-order valence-corrected chi connectivity index (χ3v) is 4.69. The molecule has 1 aliphatic heterocycles. The SMILES string of the molecule is CC(N)C(C)C(=O)NCC1CCCCN1Cc1ccccc1.Cl.Cl. The van der Waals surface area contributed by atoms with Crippen LogP contribution >= 0.6 is 24.8 Å². The van der Waals surface area contributed by atoms with Crippen LogP contribution in [0.5, 0.6) is 0 Å². The van der Waals surface area contributed by atoms with Crippen molar-refractivity contribution in [3.63, 3.8) is 0 Å². The number of halogens is 2. The minimum Gasteiger partial charge on any atom is -0.354 e. The number of carbonyl (C=O) groups excluding carboxylic acids is 1. The van der Waals surface area contributed by atoms with Crippen LogP contribution in [-0.2, 0) is 11.3 Å². The van der Waals surface area contributed by atoms with Gasteiger partial charge in [0.25, 0.3) is 0 Å². The normalized spacial score (nSPS) is 20.2. The number of carbonyl (C=O) groups is 1. The van der Waals surface area contributed by atoms with E-state index in [1.165, 1.54) is 18.4 Å². The minimum absolute atomic E-state index is 0. The average molecular weight is 376 g/mol. The van der Waals surface area contributed by atoms with Crippen LogP contribution in [0.2, 0.25) is 0 Å². The molecule has 3 unspecified atom stereocenters.